The van der Waals surface area contributed by atoms with Crippen LogP contribution in [-0.4, -0.2) is 29.9 Å². The van der Waals surface area contributed by atoms with Crippen LogP contribution in [0.4, 0.5) is 5.82 Å². The van der Waals surface area contributed by atoms with E-state index < -0.39 is 0 Å². The zero-order valence-electron chi connectivity index (χ0n) is 8.81. The average Bonchev–Trinajstić information content (AvgIpc) is 2.76. The molecule has 1 aromatic rings. The van der Waals surface area contributed by atoms with E-state index in [9.17, 15) is 4.79 Å². The van der Waals surface area contributed by atoms with Crippen molar-refractivity contribution in [2.75, 3.05) is 18.9 Å². The number of nitrogens with one attached hydrogen (secondary N) is 1. The first-order valence-corrected chi connectivity index (χ1v) is 5.20. The van der Waals surface area contributed by atoms with Crippen molar-refractivity contribution in [1.82, 2.24) is 9.88 Å². The van der Waals surface area contributed by atoms with Gasteiger partial charge in [-0.2, -0.15) is 0 Å². The van der Waals surface area contributed by atoms with Gasteiger partial charge < -0.3 is 10.2 Å². The highest BCUT2D eigenvalue weighted by Crippen LogP contribution is 2.33. The Morgan fingerprint density at radius 2 is 2.53 bits per heavy atom. The molecule has 1 unspecified atom stereocenters. The second-order valence-corrected chi connectivity index (χ2v) is 3.69. The lowest BCUT2D eigenvalue weighted by Gasteiger charge is -2.21. The molecule has 1 aliphatic rings. The Hall–Kier alpha value is -1.58. The minimum Gasteiger partial charge on any atom is -0.373 e. The van der Waals surface area contributed by atoms with E-state index >= 15 is 0 Å². The predicted octanol–water partition coefficient (Wildman–Crippen LogP) is 1.42. The van der Waals surface area contributed by atoms with Crippen molar-refractivity contribution >= 4 is 12.2 Å². The number of carbonyl (C=O) groups excluding carboxylic acids is 1. The molecule has 0 bridgehead atoms. The van der Waals surface area contributed by atoms with E-state index in [1.165, 1.54) is 0 Å². The summed E-state index contributed by atoms with van der Waals surface area (Å²) in [5.41, 5.74) is 1.12. The minimum atomic E-state index is 0.193. The molecule has 1 saturated heterocycles. The zero-order valence-corrected chi connectivity index (χ0v) is 8.81. The summed E-state index contributed by atoms with van der Waals surface area (Å²) in [6.07, 6.45) is 4.79. The molecule has 0 saturated carbocycles. The van der Waals surface area contributed by atoms with Gasteiger partial charge in [0, 0.05) is 25.4 Å². The van der Waals surface area contributed by atoms with Gasteiger partial charge >= 0.3 is 0 Å². The molecule has 1 aliphatic heterocycles. The molecule has 4 nitrogen and oxygen atoms in total. The van der Waals surface area contributed by atoms with E-state index in [4.69, 9.17) is 0 Å². The SMILES string of the molecule is CNc1ncccc1C1CCCN1C=O. The number of anilines is 1. The maximum Gasteiger partial charge on any atom is 0.210 e. The Morgan fingerprint density at radius 1 is 1.67 bits per heavy atom. The molecule has 1 aromatic heterocycles. The van der Waals surface area contributed by atoms with Crippen molar-refractivity contribution in [1.29, 1.82) is 0 Å². The van der Waals surface area contributed by atoms with Crippen molar-refractivity contribution in [2.24, 2.45) is 0 Å². The van der Waals surface area contributed by atoms with Crippen LogP contribution in [-0.2, 0) is 4.79 Å². The first kappa shape index (κ1) is 9.96. The van der Waals surface area contributed by atoms with Gasteiger partial charge in [-0.3, -0.25) is 4.79 Å². The smallest absolute Gasteiger partial charge is 0.210 e. The van der Waals surface area contributed by atoms with Gasteiger partial charge in [0.15, 0.2) is 0 Å². The number of amides is 1. The normalized spacial score (nSPS) is 20.3. The number of nitrogens with zero attached hydrogens (tertiary/aromatic N) is 2. The lowest BCUT2D eigenvalue weighted by molar-refractivity contribution is -0.118. The molecule has 15 heavy (non-hydrogen) atoms. The van der Waals surface area contributed by atoms with Crippen LogP contribution in [0.3, 0.4) is 0 Å². The summed E-state index contributed by atoms with van der Waals surface area (Å²) < 4.78 is 0. The number of rotatable bonds is 3. The fourth-order valence-corrected chi connectivity index (χ4v) is 2.14. The first-order valence-electron chi connectivity index (χ1n) is 5.20. The van der Waals surface area contributed by atoms with Gasteiger partial charge in [-0.1, -0.05) is 6.07 Å². The summed E-state index contributed by atoms with van der Waals surface area (Å²) in [6, 6.07) is 4.14. The molecule has 0 aromatic carbocycles. The lowest BCUT2D eigenvalue weighted by Crippen LogP contribution is -2.22. The molecule has 1 N–H and O–H groups in total. The van der Waals surface area contributed by atoms with Gasteiger partial charge in [0.1, 0.15) is 5.82 Å². The summed E-state index contributed by atoms with van der Waals surface area (Å²) in [6.45, 7) is 0.853. The monoisotopic (exact) mass is 205 g/mol. The van der Waals surface area contributed by atoms with Crippen LogP contribution < -0.4 is 5.32 Å². The Kier molecular flexibility index (Phi) is 2.85. The van der Waals surface area contributed by atoms with E-state index in [0.717, 1.165) is 37.2 Å². The molecule has 4 heteroatoms. The van der Waals surface area contributed by atoms with Crippen LogP contribution in [0.5, 0.6) is 0 Å². The maximum atomic E-state index is 10.9. The fraction of sp³-hybridized carbons (Fsp3) is 0.455. The first-order chi connectivity index (χ1) is 7.36. The second-order valence-electron chi connectivity index (χ2n) is 3.69. The van der Waals surface area contributed by atoms with E-state index in [0.29, 0.717) is 0 Å². The molecular formula is C11H15N3O. The zero-order chi connectivity index (χ0) is 10.7. The second kappa shape index (κ2) is 4.29. The molecule has 2 heterocycles. The molecule has 0 radical (unpaired) electrons. The summed E-state index contributed by atoms with van der Waals surface area (Å²) in [5.74, 6) is 0.872. The molecule has 1 atom stereocenters. The highest BCUT2D eigenvalue weighted by atomic mass is 16.1. The van der Waals surface area contributed by atoms with Crippen molar-refractivity contribution in [2.45, 2.75) is 18.9 Å². The number of hydrogen-bond acceptors (Lipinski definition) is 3. The van der Waals surface area contributed by atoms with Gasteiger partial charge in [-0.15, -0.1) is 0 Å². The predicted molar refractivity (Wildman–Crippen MR) is 58.5 cm³/mol. The quantitative estimate of drug-likeness (QED) is 0.759. The van der Waals surface area contributed by atoms with E-state index in [1.807, 2.05) is 24.1 Å². The molecule has 1 amide bonds. The maximum absolute atomic E-state index is 10.9. The number of pyridine rings is 1. The van der Waals surface area contributed by atoms with Gasteiger partial charge in [-0.25, -0.2) is 4.98 Å². The fourth-order valence-electron chi connectivity index (χ4n) is 2.14. The lowest BCUT2D eigenvalue weighted by atomic mass is 10.1. The summed E-state index contributed by atoms with van der Waals surface area (Å²) in [4.78, 5) is 17.0. The largest absolute Gasteiger partial charge is 0.373 e. The Labute approximate surface area is 89.3 Å². The molecular weight excluding hydrogens is 190 g/mol. The molecule has 1 fully saturated rings. The molecule has 0 aliphatic carbocycles. The molecule has 80 valence electrons. The number of carbonyl (C=O) groups is 1. The molecule has 2 rings (SSSR count). The van der Waals surface area contributed by atoms with Gasteiger partial charge in [0.05, 0.1) is 6.04 Å². The Morgan fingerprint density at radius 3 is 3.27 bits per heavy atom. The van der Waals surface area contributed by atoms with E-state index in [2.05, 4.69) is 10.3 Å². The van der Waals surface area contributed by atoms with Crippen molar-refractivity contribution in [3.8, 4) is 0 Å². The highest BCUT2D eigenvalue weighted by molar-refractivity contribution is 5.53. The van der Waals surface area contributed by atoms with Crippen LogP contribution in [0, 0.1) is 0 Å². The van der Waals surface area contributed by atoms with Crippen LogP contribution in [0.2, 0.25) is 0 Å². The number of hydrogen-bond donors (Lipinski definition) is 1. The standard InChI is InChI=1S/C11H15N3O/c1-12-11-9(4-2-6-13-11)10-5-3-7-14(10)8-15/h2,4,6,8,10H,3,5,7H2,1H3,(H,12,13). The summed E-state index contributed by atoms with van der Waals surface area (Å²) >= 11 is 0. The Balaban J connectivity index is 2.31. The summed E-state index contributed by atoms with van der Waals surface area (Å²) in [7, 11) is 1.85. The Bertz CT molecular complexity index is 353. The van der Waals surface area contributed by atoms with Crippen LogP contribution in [0.25, 0.3) is 0 Å². The van der Waals surface area contributed by atoms with Crippen LogP contribution in [0.15, 0.2) is 18.3 Å². The average molecular weight is 205 g/mol. The van der Waals surface area contributed by atoms with Crippen molar-refractivity contribution < 1.29 is 4.79 Å². The number of aromatic nitrogens is 1. The molecule has 0 spiro atoms. The number of likely N-dealkylation sites (tertiary alicyclic amines) is 1. The van der Waals surface area contributed by atoms with E-state index in [1.54, 1.807) is 6.20 Å². The van der Waals surface area contributed by atoms with Gasteiger partial charge in [-0.05, 0) is 18.9 Å². The van der Waals surface area contributed by atoms with Crippen molar-refractivity contribution in [3.63, 3.8) is 0 Å². The minimum absolute atomic E-state index is 0.193. The van der Waals surface area contributed by atoms with Gasteiger partial charge in [0.25, 0.3) is 0 Å². The third-order valence-corrected chi connectivity index (χ3v) is 2.86. The van der Waals surface area contributed by atoms with Crippen LogP contribution in [0.1, 0.15) is 24.4 Å². The van der Waals surface area contributed by atoms with Gasteiger partial charge in [0.2, 0.25) is 6.41 Å². The third kappa shape index (κ3) is 1.79. The third-order valence-electron chi connectivity index (χ3n) is 2.86. The van der Waals surface area contributed by atoms with Crippen molar-refractivity contribution in [3.05, 3.63) is 23.9 Å². The van der Waals surface area contributed by atoms with Crippen LogP contribution >= 0.6 is 0 Å². The highest BCUT2D eigenvalue weighted by Gasteiger charge is 2.26. The topological polar surface area (TPSA) is 45.2 Å². The van der Waals surface area contributed by atoms with E-state index in [-0.39, 0.29) is 6.04 Å². The summed E-state index contributed by atoms with van der Waals surface area (Å²) in [5, 5.41) is 3.06.